The highest BCUT2D eigenvalue weighted by molar-refractivity contribution is 4.83. The van der Waals surface area contributed by atoms with Crippen molar-refractivity contribution in [3.8, 4) is 0 Å². The number of hydrogen-bond acceptors (Lipinski definition) is 3. The lowest BCUT2D eigenvalue weighted by Crippen LogP contribution is -2.50. The Bertz CT molecular complexity index is 206. The molecule has 0 radical (unpaired) electrons. The van der Waals surface area contributed by atoms with Crippen LogP contribution in [0.4, 0.5) is 0 Å². The molecule has 16 heavy (non-hydrogen) atoms. The highest BCUT2D eigenvalue weighted by Gasteiger charge is 2.26. The fraction of sp³-hybridized carbons (Fsp3) is 1.00. The van der Waals surface area contributed by atoms with Crippen molar-refractivity contribution >= 4 is 0 Å². The molecule has 0 amide bonds. The van der Waals surface area contributed by atoms with Crippen LogP contribution in [0.3, 0.4) is 0 Å². The SMILES string of the molecule is CCC1COCCN1C(C)CCNC1CC1. The smallest absolute Gasteiger partial charge is 0.0622 e. The molecule has 1 N–H and O–H groups in total. The van der Waals surface area contributed by atoms with Crippen molar-refractivity contribution in [2.24, 2.45) is 0 Å². The van der Waals surface area contributed by atoms with E-state index in [1.165, 1.54) is 32.2 Å². The van der Waals surface area contributed by atoms with Crippen molar-refractivity contribution in [3.05, 3.63) is 0 Å². The summed E-state index contributed by atoms with van der Waals surface area (Å²) in [7, 11) is 0. The fourth-order valence-corrected chi connectivity index (χ4v) is 2.55. The third kappa shape index (κ3) is 3.44. The van der Waals surface area contributed by atoms with Gasteiger partial charge in [-0.1, -0.05) is 6.92 Å². The Balaban J connectivity index is 1.69. The van der Waals surface area contributed by atoms with E-state index in [1.807, 2.05) is 0 Å². The van der Waals surface area contributed by atoms with Gasteiger partial charge in [0.25, 0.3) is 0 Å². The molecule has 1 saturated carbocycles. The minimum atomic E-state index is 0.643. The van der Waals surface area contributed by atoms with Crippen molar-refractivity contribution < 1.29 is 4.74 Å². The van der Waals surface area contributed by atoms with Crippen LogP contribution in [-0.4, -0.2) is 49.3 Å². The maximum Gasteiger partial charge on any atom is 0.0622 e. The number of nitrogens with zero attached hydrogens (tertiary/aromatic N) is 1. The Labute approximate surface area is 99.5 Å². The zero-order valence-electron chi connectivity index (χ0n) is 10.7. The first-order valence-electron chi connectivity index (χ1n) is 6.88. The van der Waals surface area contributed by atoms with Crippen molar-refractivity contribution in [2.45, 2.75) is 57.7 Å². The number of ether oxygens (including phenoxy) is 1. The van der Waals surface area contributed by atoms with Crippen LogP contribution in [-0.2, 0) is 4.74 Å². The first-order chi connectivity index (χ1) is 7.81. The molecule has 0 aromatic rings. The van der Waals surface area contributed by atoms with Crippen LogP contribution in [0.15, 0.2) is 0 Å². The number of hydrogen-bond donors (Lipinski definition) is 1. The predicted molar refractivity (Wildman–Crippen MR) is 66.7 cm³/mol. The predicted octanol–water partition coefficient (Wildman–Crippen LogP) is 1.63. The first-order valence-corrected chi connectivity index (χ1v) is 6.88. The molecule has 2 atom stereocenters. The largest absolute Gasteiger partial charge is 0.378 e. The fourth-order valence-electron chi connectivity index (χ4n) is 2.55. The molecule has 2 unspecified atom stereocenters. The Morgan fingerprint density at radius 3 is 2.94 bits per heavy atom. The van der Waals surface area contributed by atoms with Crippen LogP contribution < -0.4 is 5.32 Å². The summed E-state index contributed by atoms with van der Waals surface area (Å²) in [5.74, 6) is 0. The van der Waals surface area contributed by atoms with Crippen LogP contribution in [0.25, 0.3) is 0 Å². The molecule has 0 spiro atoms. The van der Waals surface area contributed by atoms with E-state index in [-0.39, 0.29) is 0 Å². The molecule has 2 rings (SSSR count). The van der Waals surface area contributed by atoms with Gasteiger partial charge in [-0.2, -0.15) is 0 Å². The molecule has 1 aliphatic heterocycles. The zero-order valence-corrected chi connectivity index (χ0v) is 10.7. The second-order valence-corrected chi connectivity index (χ2v) is 5.24. The van der Waals surface area contributed by atoms with Crippen molar-refractivity contribution in [1.29, 1.82) is 0 Å². The molecule has 1 heterocycles. The molecule has 0 bridgehead atoms. The van der Waals surface area contributed by atoms with Crippen LogP contribution >= 0.6 is 0 Å². The average molecular weight is 226 g/mol. The lowest BCUT2D eigenvalue weighted by molar-refractivity contribution is -0.0279. The number of morpholine rings is 1. The summed E-state index contributed by atoms with van der Waals surface area (Å²) in [5, 5.41) is 3.60. The topological polar surface area (TPSA) is 24.5 Å². The Morgan fingerprint density at radius 1 is 1.44 bits per heavy atom. The average Bonchev–Trinajstić information content (AvgIpc) is 3.13. The van der Waals surface area contributed by atoms with Crippen LogP contribution in [0, 0.1) is 0 Å². The molecule has 0 aromatic carbocycles. The van der Waals surface area contributed by atoms with Gasteiger partial charge in [0.1, 0.15) is 0 Å². The number of nitrogens with one attached hydrogen (secondary N) is 1. The summed E-state index contributed by atoms with van der Waals surface area (Å²) >= 11 is 0. The van der Waals surface area contributed by atoms with Gasteiger partial charge in [0, 0.05) is 24.7 Å². The summed E-state index contributed by atoms with van der Waals surface area (Å²) in [6.07, 6.45) is 5.26. The summed E-state index contributed by atoms with van der Waals surface area (Å²) in [5.41, 5.74) is 0. The summed E-state index contributed by atoms with van der Waals surface area (Å²) in [6.45, 7) is 8.76. The quantitative estimate of drug-likeness (QED) is 0.745. The summed E-state index contributed by atoms with van der Waals surface area (Å²) in [4.78, 5) is 2.64. The maximum absolute atomic E-state index is 5.55. The van der Waals surface area contributed by atoms with Crippen molar-refractivity contribution in [3.63, 3.8) is 0 Å². The van der Waals surface area contributed by atoms with Gasteiger partial charge in [-0.3, -0.25) is 4.90 Å². The van der Waals surface area contributed by atoms with Gasteiger partial charge in [0.2, 0.25) is 0 Å². The monoisotopic (exact) mass is 226 g/mol. The molecular weight excluding hydrogens is 200 g/mol. The van der Waals surface area contributed by atoms with E-state index in [2.05, 4.69) is 24.1 Å². The highest BCUT2D eigenvalue weighted by atomic mass is 16.5. The van der Waals surface area contributed by atoms with Gasteiger partial charge in [-0.05, 0) is 39.2 Å². The lowest BCUT2D eigenvalue weighted by Gasteiger charge is -2.39. The molecule has 2 fully saturated rings. The highest BCUT2D eigenvalue weighted by Crippen LogP contribution is 2.19. The van der Waals surface area contributed by atoms with E-state index in [9.17, 15) is 0 Å². The van der Waals surface area contributed by atoms with E-state index >= 15 is 0 Å². The molecule has 3 nitrogen and oxygen atoms in total. The molecule has 1 saturated heterocycles. The van der Waals surface area contributed by atoms with Crippen molar-refractivity contribution in [1.82, 2.24) is 10.2 Å². The first kappa shape index (κ1) is 12.3. The van der Waals surface area contributed by atoms with E-state index in [4.69, 9.17) is 4.74 Å². The Morgan fingerprint density at radius 2 is 2.25 bits per heavy atom. The second kappa shape index (κ2) is 5.99. The van der Waals surface area contributed by atoms with Crippen molar-refractivity contribution in [2.75, 3.05) is 26.3 Å². The van der Waals surface area contributed by atoms with Crippen LogP contribution in [0.1, 0.15) is 39.5 Å². The minimum absolute atomic E-state index is 0.643. The van der Waals surface area contributed by atoms with Crippen LogP contribution in [0.5, 0.6) is 0 Å². The van der Waals surface area contributed by atoms with Gasteiger partial charge >= 0.3 is 0 Å². The van der Waals surface area contributed by atoms with Gasteiger partial charge in [0.15, 0.2) is 0 Å². The van der Waals surface area contributed by atoms with Gasteiger partial charge in [-0.15, -0.1) is 0 Å². The zero-order chi connectivity index (χ0) is 11.4. The standard InChI is InChI=1S/C13H26N2O/c1-3-13-10-16-9-8-15(13)11(2)6-7-14-12-4-5-12/h11-14H,3-10H2,1-2H3. The van der Waals surface area contributed by atoms with Gasteiger partial charge < -0.3 is 10.1 Å². The normalized spacial score (nSPS) is 29.2. The molecule has 0 aromatic heterocycles. The summed E-state index contributed by atoms with van der Waals surface area (Å²) < 4.78 is 5.55. The molecule has 94 valence electrons. The Hall–Kier alpha value is -0.120. The van der Waals surface area contributed by atoms with E-state index in [0.29, 0.717) is 12.1 Å². The van der Waals surface area contributed by atoms with Crippen LogP contribution in [0.2, 0.25) is 0 Å². The van der Waals surface area contributed by atoms with E-state index in [1.54, 1.807) is 0 Å². The maximum atomic E-state index is 5.55. The number of rotatable bonds is 6. The minimum Gasteiger partial charge on any atom is -0.378 e. The third-order valence-electron chi connectivity index (χ3n) is 3.88. The third-order valence-corrected chi connectivity index (χ3v) is 3.88. The molecule has 2 aliphatic rings. The molecule has 1 aliphatic carbocycles. The van der Waals surface area contributed by atoms with Gasteiger partial charge in [0.05, 0.1) is 13.2 Å². The second-order valence-electron chi connectivity index (χ2n) is 5.24. The summed E-state index contributed by atoms with van der Waals surface area (Å²) in [6, 6.07) is 2.18. The van der Waals surface area contributed by atoms with E-state index in [0.717, 1.165) is 25.8 Å². The van der Waals surface area contributed by atoms with Gasteiger partial charge in [-0.25, -0.2) is 0 Å². The molecule has 3 heteroatoms. The van der Waals surface area contributed by atoms with E-state index < -0.39 is 0 Å². The Kier molecular flexibility index (Phi) is 4.62. The molecular formula is C13H26N2O. The lowest BCUT2D eigenvalue weighted by atomic mass is 10.1.